The fourth-order valence-electron chi connectivity index (χ4n) is 1.58. The van der Waals surface area contributed by atoms with E-state index in [0.29, 0.717) is 6.42 Å². The van der Waals surface area contributed by atoms with Crippen LogP contribution in [0.4, 0.5) is 4.79 Å². The third-order valence-electron chi connectivity index (χ3n) is 2.30. The molecule has 1 aliphatic rings. The highest BCUT2D eigenvalue weighted by Gasteiger charge is 2.30. The number of ether oxygens (including phenoxy) is 2. The van der Waals surface area contributed by atoms with Gasteiger partial charge in [0.05, 0.1) is 24.9 Å². The lowest BCUT2D eigenvalue weighted by molar-refractivity contribution is -0.0670. The van der Waals surface area contributed by atoms with Gasteiger partial charge in [0.2, 0.25) is 0 Å². The summed E-state index contributed by atoms with van der Waals surface area (Å²) in [6.45, 7) is 7.57. The molecule has 94 valence electrons. The van der Waals surface area contributed by atoms with Crippen molar-refractivity contribution in [2.75, 3.05) is 6.61 Å². The monoisotopic (exact) mass is 231 g/mol. The van der Waals surface area contributed by atoms with Gasteiger partial charge in [-0.2, -0.15) is 0 Å². The third kappa shape index (κ3) is 4.37. The van der Waals surface area contributed by atoms with Crippen molar-refractivity contribution in [1.29, 1.82) is 0 Å². The van der Waals surface area contributed by atoms with Crippen molar-refractivity contribution in [3.8, 4) is 0 Å². The highest BCUT2D eigenvalue weighted by Crippen LogP contribution is 2.15. The van der Waals surface area contributed by atoms with Crippen LogP contribution < -0.4 is 5.32 Å². The fraction of sp³-hybridized carbons (Fsp3) is 0.909. The molecule has 0 aliphatic carbocycles. The molecule has 1 aliphatic heterocycles. The van der Waals surface area contributed by atoms with Crippen LogP contribution in [0.5, 0.6) is 0 Å². The van der Waals surface area contributed by atoms with Crippen molar-refractivity contribution in [1.82, 2.24) is 5.32 Å². The van der Waals surface area contributed by atoms with Crippen LogP contribution in [0.15, 0.2) is 0 Å². The van der Waals surface area contributed by atoms with E-state index in [2.05, 4.69) is 5.32 Å². The van der Waals surface area contributed by atoms with Crippen molar-refractivity contribution in [2.45, 2.75) is 58.0 Å². The summed E-state index contributed by atoms with van der Waals surface area (Å²) >= 11 is 0. The van der Waals surface area contributed by atoms with Gasteiger partial charge in [-0.25, -0.2) is 4.79 Å². The zero-order valence-electron chi connectivity index (χ0n) is 10.3. The van der Waals surface area contributed by atoms with Crippen molar-refractivity contribution in [3.63, 3.8) is 0 Å². The Hall–Kier alpha value is -0.810. The SMILES string of the molecule is C[C@H]1C[C@H](NC(=O)OC(C)(C)C)[C@@H](O)CO1. The standard InChI is InChI=1S/C11H21NO4/c1-7-5-8(9(13)6-15-7)12-10(14)16-11(2,3)4/h7-9,13H,5-6H2,1-4H3,(H,12,14)/t7-,8-,9-/m0/s1. The Balaban J connectivity index is 2.43. The molecule has 1 saturated heterocycles. The molecular weight excluding hydrogens is 210 g/mol. The number of alkyl carbamates (subject to hydrolysis) is 1. The molecule has 0 bridgehead atoms. The maximum atomic E-state index is 11.5. The second-order valence-corrected chi connectivity index (χ2v) is 5.20. The van der Waals surface area contributed by atoms with Gasteiger partial charge in [-0.05, 0) is 34.1 Å². The molecule has 5 heteroatoms. The van der Waals surface area contributed by atoms with E-state index in [1.54, 1.807) is 20.8 Å². The zero-order valence-corrected chi connectivity index (χ0v) is 10.3. The van der Waals surface area contributed by atoms with Gasteiger partial charge in [0.25, 0.3) is 0 Å². The Morgan fingerprint density at radius 2 is 2.12 bits per heavy atom. The number of rotatable bonds is 1. The second kappa shape index (κ2) is 5.01. The number of nitrogens with one attached hydrogen (secondary N) is 1. The smallest absolute Gasteiger partial charge is 0.407 e. The molecule has 2 N–H and O–H groups in total. The summed E-state index contributed by atoms with van der Waals surface area (Å²) < 4.78 is 10.4. The molecule has 0 aromatic carbocycles. The molecule has 1 heterocycles. The van der Waals surface area contributed by atoms with Gasteiger partial charge in [-0.15, -0.1) is 0 Å². The summed E-state index contributed by atoms with van der Waals surface area (Å²) in [5, 5.41) is 12.3. The second-order valence-electron chi connectivity index (χ2n) is 5.20. The molecule has 1 amide bonds. The molecule has 1 rings (SSSR count). The summed E-state index contributed by atoms with van der Waals surface area (Å²) in [5.74, 6) is 0. The Morgan fingerprint density at radius 1 is 1.50 bits per heavy atom. The first-order valence-corrected chi connectivity index (χ1v) is 5.57. The molecule has 0 aromatic heterocycles. The van der Waals surface area contributed by atoms with Crippen LogP contribution in [0.3, 0.4) is 0 Å². The number of amides is 1. The molecule has 0 saturated carbocycles. The van der Waals surface area contributed by atoms with Crippen LogP contribution in [0, 0.1) is 0 Å². The van der Waals surface area contributed by atoms with Gasteiger partial charge in [0, 0.05) is 0 Å². The lowest BCUT2D eigenvalue weighted by Crippen LogP contribution is -2.51. The van der Waals surface area contributed by atoms with Gasteiger partial charge < -0.3 is 19.9 Å². The molecule has 0 radical (unpaired) electrons. The first-order valence-electron chi connectivity index (χ1n) is 5.57. The minimum absolute atomic E-state index is 0.0448. The van der Waals surface area contributed by atoms with Crippen molar-refractivity contribution in [2.24, 2.45) is 0 Å². The van der Waals surface area contributed by atoms with Crippen LogP contribution >= 0.6 is 0 Å². The predicted molar refractivity (Wildman–Crippen MR) is 59.2 cm³/mol. The molecule has 3 atom stereocenters. The quantitative estimate of drug-likeness (QED) is 0.708. The zero-order chi connectivity index (χ0) is 12.3. The number of aliphatic hydroxyl groups is 1. The molecule has 16 heavy (non-hydrogen) atoms. The summed E-state index contributed by atoms with van der Waals surface area (Å²) in [6, 6.07) is -0.293. The maximum absolute atomic E-state index is 11.5. The largest absolute Gasteiger partial charge is 0.444 e. The number of carbonyl (C=O) groups excluding carboxylic acids is 1. The number of aliphatic hydroxyl groups excluding tert-OH is 1. The van der Waals surface area contributed by atoms with E-state index in [4.69, 9.17) is 9.47 Å². The predicted octanol–water partition coefficient (Wildman–Crippen LogP) is 1.05. The third-order valence-corrected chi connectivity index (χ3v) is 2.30. The van der Waals surface area contributed by atoms with Gasteiger partial charge in [-0.1, -0.05) is 0 Å². The van der Waals surface area contributed by atoms with Crippen LogP contribution in [0.25, 0.3) is 0 Å². The van der Waals surface area contributed by atoms with E-state index in [1.165, 1.54) is 0 Å². The molecular formula is C11H21NO4. The van der Waals surface area contributed by atoms with Gasteiger partial charge in [0.15, 0.2) is 0 Å². The fourth-order valence-corrected chi connectivity index (χ4v) is 1.58. The van der Waals surface area contributed by atoms with E-state index < -0.39 is 17.8 Å². The molecule has 0 unspecified atom stereocenters. The Morgan fingerprint density at radius 3 is 2.69 bits per heavy atom. The lowest BCUT2D eigenvalue weighted by atomic mass is 10.0. The number of hydrogen-bond acceptors (Lipinski definition) is 4. The topological polar surface area (TPSA) is 67.8 Å². The van der Waals surface area contributed by atoms with Crippen LogP contribution in [-0.4, -0.2) is 41.7 Å². The van der Waals surface area contributed by atoms with Gasteiger partial charge >= 0.3 is 6.09 Å². The van der Waals surface area contributed by atoms with E-state index in [1.807, 2.05) is 6.92 Å². The average molecular weight is 231 g/mol. The molecule has 1 fully saturated rings. The lowest BCUT2D eigenvalue weighted by Gasteiger charge is -2.32. The minimum atomic E-state index is -0.663. The molecule has 0 spiro atoms. The minimum Gasteiger partial charge on any atom is -0.444 e. The van der Waals surface area contributed by atoms with Crippen LogP contribution in [-0.2, 0) is 9.47 Å². The highest BCUT2D eigenvalue weighted by atomic mass is 16.6. The van der Waals surface area contributed by atoms with Crippen molar-refractivity contribution >= 4 is 6.09 Å². The Kier molecular flexibility index (Phi) is 4.15. The van der Waals surface area contributed by atoms with Crippen LogP contribution in [0.1, 0.15) is 34.1 Å². The van der Waals surface area contributed by atoms with E-state index in [-0.39, 0.29) is 18.8 Å². The van der Waals surface area contributed by atoms with Crippen molar-refractivity contribution < 1.29 is 19.4 Å². The van der Waals surface area contributed by atoms with E-state index in [0.717, 1.165) is 0 Å². The first kappa shape index (κ1) is 13.3. The summed E-state index contributed by atoms with van der Waals surface area (Å²) in [5.41, 5.74) is -0.522. The Labute approximate surface area is 96.1 Å². The van der Waals surface area contributed by atoms with Gasteiger partial charge in [0.1, 0.15) is 5.60 Å². The van der Waals surface area contributed by atoms with Crippen LogP contribution in [0.2, 0.25) is 0 Å². The number of carbonyl (C=O) groups is 1. The average Bonchev–Trinajstić information content (AvgIpc) is 2.08. The molecule has 5 nitrogen and oxygen atoms in total. The summed E-state index contributed by atoms with van der Waals surface area (Å²) in [6.07, 6.45) is -0.516. The van der Waals surface area contributed by atoms with Gasteiger partial charge in [-0.3, -0.25) is 0 Å². The Bertz CT molecular complexity index is 249. The normalized spacial score (nSPS) is 30.9. The van der Waals surface area contributed by atoms with E-state index in [9.17, 15) is 9.90 Å². The summed E-state index contributed by atoms with van der Waals surface area (Å²) in [7, 11) is 0. The van der Waals surface area contributed by atoms with Crippen molar-refractivity contribution in [3.05, 3.63) is 0 Å². The van der Waals surface area contributed by atoms with E-state index >= 15 is 0 Å². The molecule has 0 aromatic rings. The maximum Gasteiger partial charge on any atom is 0.407 e. The first-order chi connectivity index (χ1) is 7.28. The number of hydrogen-bond donors (Lipinski definition) is 2. The summed E-state index contributed by atoms with van der Waals surface area (Å²) in [4.78, 5) is 11.5. The highest BCUT2D eigenvalue weighted by molar-refractivity contribution is 5.68.